The van der Waals surface area contributed by atoms with E-state index in [1.54, 1.807) is 6.92 Å². The van der Waals surface area contributed by atoms with Gasteiger partial charge in [-0.1, -0.05) is 20.3 Å². The third-order valence-electron chi connectivity index (χ3n) is 1.57. The summed E-state index contributed by atoms with van der Waals surface area (Å²) in [6, 6.07) is 0. The third kappa shape index (κ3) is 4.28. The lowest BCUT2D eigenvalue weighted by Crippen LogP contribution is -2.27. The molecule has 0 aromatic rings. The summed E-state index contributed by atoms with van der Waals surface area (Å²) < 4.78 is 60.0. The highest BCUT2D eigenvalue weighted by molar-refractivity contribution is 7.87. The fourth-order valence-corrected chi connectivity index (χ4v) is 1.39. The minimum Gasteiger partial charge on any atom is -0.263 e. The molecule has 0 N–H and O–H groups in total. The van der Waals surface area contributed by atoms with Gasteiger partial charge >= 0.3 is 15.6 Å². The number of rotatable bonds is 5. The first-order chi connectivity index (χ1) is 6.20. The highest BCUT2D eigenvalue weighted by Gasteiger charge is 2.47. The topological polar surface area (TPSA) is 43.4 Å². The van der Waals surface area contributed by atoms with Crippen molar-refractivity contribution in [2.24, 2.45) is 5.92 Å². The molecule has 1 atom stereocenters. The van der Waals surface area contributed by atoms with E-state index in [9.17, 15) is 21.6 Å². The molecule has 0 aliphatic rings. The van der Waals surface area contributed by atoms with Gasteiger partial charge in [0.05, 0.1) is 6.61 Å². The summed E-state index contributed by atoms with van der Waals surface area (Å²) in [5.74, 6) is -0.197. The lowest BCUT2D eigenvalue weighted by Gasteiger charge is -2.12. The van der Waals surface area contributed by atoms with Gasteiger partial charge < -0.3 is 0 Å². The maximum atomic E-state index is 11.8. The minimum atomic E-state index is -5.41. The zero-order chi connectivity index (χ0) is 11.4. The van der Waals surface area contributed by atoms with E-state index in [1.165, 1.54) is 0 Å². The SMILES string of the molecule is CCC[C@H](C)COS(=O)(=O)C(F)(F)F. The minimum absolute atomic E-state index is 0.197. The molecule has 0 unspecified atom stereocenters. The molecule has 7 heteroatoms. The zero-order valence-corrected chi connectivity index (χ0v) is 8.78. The maximum Gasteiger partial charge on any atom is 0.523 e. The van der Waals surface area contributed by atoms with E-state index in [1.807, 2.05) is 6.92 Å². The van der Waals surface area contributed by atoms with Gasteiger partial charge in [0.25, 0.3) is 0 Å². The monoisotopic (exact) mass is 234 g/mol. The van der Waals surface area contributed by atoms with Crippen LogP contribution in [0.15, 0.2) is 0 Å². The van der Waals surface area contributed by atoms with Crippen molar-refractivity contribution in [2.45, 2.75) is 32.2 Å². The molecule has 14 heavy (non-hydrogen) atoms. The summed E-state index contributed by atoms with van der Waals surface area (Å²) >= 11 is 0. The molecule has 0 aromatic carbocycles. The number of hydrogen-bond acceptors (Lipinski definition) is 3. The normalized spacial score (nSPS) is 15.5. The Balaban J connectivity index is 4.14. The average molecular weight is 234 g/mol. The molecule has 0 aromatic heterocycles. The molecule has 0 bridgehead atoms. The molecule has 0 aliphatic carbocycles. The van der Waals surface area contributed by atoms with E-state index in [2.05, 4.69) is 4.18 Å². The van der Waals surface area contributed by atoms with Crippen molar-refractivity contribution in [3.63, 3.8) is 0 Å². The van der Waals surface area contributed by atoms with Gasteiger partial charge in [-0.2, -0.15) is 21.6 Å². The van der Waals surface area contributed by atoms with Crippen molar-refractivity contribution in [3.8, 4) is 0 Å². The Morgan fingerprint density at radius 3 is 2.21 bits per heavy atom. The molecule has 0 rings (SSSR count). The molecule has 0 aliphatic heterocycles. The van der Waals surface area contributed by atoms with E-state index >= 15 is 0 Å². The van der Waals surface area contributed by atoms with Crippen LogP contribution in [0, 0.1) is 5.92 Å². The second-order valence-electron chi connectivity index (χ2n) is 3.08. The van der Waals surface area contributed by atoms with Gasteiger partial charge in [0.1, 0.15) is 0 Å². The van der Waals surface area contributed by atoms with Gasteiger partial charge in [-0.3, -0.25) is 4.18 Å². The van der Waals surface area contributed by atoms with Crippen molar-refractivity contribution in [2.75, 3.05) is 6.61 Å². The Labute approximate surface area is 81.4 Å². The highest BCUT2D eigenvalue weighted by Crippen LogP contribution is 2.25. The predicted molar refractivity (Wildman–Crippen MR) is 45.0 cm³/mol. The van der Waals surface area contributed by atoms with Crippen molar-refractivity contribution < 1.29 is 25.8 Å². The van der Waals surface area contributed by atoms with Crippen molar-refractivity contribution in [3.05, 3.63) is 0 Å². The van der Waals surface area contributed by atoms with Gasteiger partial charge in [0, 0.05) is 0 Å². The predicted octanol–water partition coefficient (Wildman–Crippen LogP) is 2.29. The Kier molecular flexibility index (Phi) is 4.87. The molecule has 0 spiro atoms. The second kappa shape index (κ2) is 4.97. The van der Waals surface area contributed by atoms with Crippen LogP contribution in [-0.2, 0) is 14.3 Å². The van der Waals surface area contributed by atoms with Crippen LogP contribution in [0.5, 0.6) is 0 Å². The summed E-state index contributed by atoms with van der Waals surface area (Å²) in [6.07, 6.45) is 1.41. The highest BCUT2D eigenvalue weighted by atomic mass is 32.2. The largest absolute Gasteiger partial charge is 0.523 e. The quantitative estimate of drug-likeness (QED) is 0.541. The van der Waals surface area contributed by atoms with Gasteiger partial charge in [-0.25, -0.2) is 0 Å². The smallest absolute Gasteiger partial charge is 0.263 e. The van der Waals surface area contributed by atoms with Crippen LogP contribution in [0.25, 0.3) is 0 Å². The first kappa shape index (κ1) is 13.7. The summed E-state index contributed by atoms with van der Waals surface area (Å²) in [5, 5.41) is 0. The van der Waals surface area contributed by atoms with Gasteiger partial charge in [-0.05, 0) is 12.3 Å². The maximum absolute atomic E-state index is 11.8. The van der Waals surface area contributed by atoms with E-state index < -0.39 is 22.2 Å². The molecule has 3 nitrogen and oxygen atoms in total. The van der Waals surface area contributed by atoms with Gasteiger partial charge in [-0.15, -0.1) is 0 Å². The molecular weight excluding hydrogens is 221 g/mol. The number of hydrogen-bond donors (Lipinski definition) is 0. The van der Waals surface area contributed by atoms with Crippen molar-refractivity contribution >= 4 is 10.1 Å². The van der Waals surface area contributed by atoms with Crippen molar-refractivity contribution in [1.29, 1.82) is 0 Å². The van der Waals surface area contributed by atoms with E-state index in [-0.39, 0.29) is 5.92 Å². The van der Waals surface area contributed by atoms with Crippen molar-refractivity contribution in [1.82, 2.24) is 0 Å². The fraction of sp³-hybridized carbons (Fsp3) is 1.00. The summed E-state index contributed by atoms with van der Waals surface area (Å²) in [6.45, 7) is 3.07. The van der Waals surface area contributed by atoms with Crippen LogP contribution < -0.4 is 0 Å². The molecule has 0 amide bonds. The molecule has 0 heterocycles. The van der Waals surface area contributed by atoms with Crippen LogP contribution in [0.3, 0.4) is 0 Å². The lowest BCUT2D eigenvalue weighted by molar-refractivity contribution is -0.0549. The first-order valence-corrected chi connectivity index (χ1v) is 5.57. The van der Waals surface area contributed by atoms with Crippen LogP contribution in [0.2, 0.25) is 0 Å². The Morgan fingerprint density at radius 1 is 1.36 bits per heavy atom. The summed E-state index contributed by atoms with van der Waals surface area (Å²) in [5.41, 5.74) is -5.32. The Bertz CT molecular complexity index is 258. The molecular formula is C7H13F3O3S. The molecule has 0 radical (unpaired) electrons. The fourth-order valence-electron chi connectivity index (χ4n) is 0.849. The third-order valence-corrected chi connectivity index (χ3v) is 2.59. The number of alkyl halides is 3. The van der Waals surface area contributed by atoms with Crippen LogP contribution in [-0.4, -0.2) is 20.5 Å². The number of halogens is 3. The van der Waals surface area contributed by atoms with Gasteiger partial charge in [0.2, 0.25) is 0 Å². The van der Waals surface area contributed by atoms with E-state index in [4.69, 9.17) is 0 Å². The molecule has 86 valence electrons. The molecule has 0 fully saturated rings. The van der Waals surface area contributed by atoms with Crippen LogP contribution >= 0.6 is 0 Å². The Morgan fingerprint density at radius 2 is 1.86 bits per heavy atom. The molecule has 0 saturated carbocycles. The van der Waals surface area contributed by atoms with Crippen LogP contribution in [0.1, 0.15) is 26.7 Å². The summed E-state index contributed by atoms with van der Waals surface area (Å²) in [7, 11) is -5.41. The zero-order valence-electron chi connectivity index (χ0n) is 7.97. The van der Waals surface area contributed by atoms with E-state index in [0.29, 0.717) is 6.42 Å². The van der Waals surface area contributed by atoms with Crippen LogP contribution in [0.4, 0.5) is 13.2 Å². The second-order valence-corrected chi connectivity index (χ2v) is 4.69. The van der Waals surface area contributed by atoms with Gasteiger partial charge in [0.15, 0.2) is 0 Å². The molecule has 0 saturated heterocycles. The standard InChI is InChI=1S/C7H13F3O3S/c1-3-4-6(2)5-13-14(11,12)7(8,9)10/h6H,3-5H2,1-2H3/t6-/m0/s1. The average Bonchev–Trinajstić information content (AvgIpc) is 1.99. The Hall–Kier alpha value is -0.300. The van der Waals surface area contributed by atoms with E-state index in [0.717, 1.165) is 6.42 Å². The summed E-state index contributed by atoms with van der Waals surface area (Å²) in [4.78, 5) is 0. The first-order valence-electron chi connectivity index (χ1n) is 4.16. The lowest BCUT2D eigenvalue weighted by atomic mass is 10.1.